The predicted molar refractivity (Wildman–Crippen MR) is 106 cm³/mol. The molecule has 0 aliphatic carbocycles. The minimum absolute atomic E-state index is 0.0842. The molecule has 0 aliphatic heterocycles. The highest BCUT2D eigenvalue weighted by atomic mass is 16.6. The Bertz CT molecular complexity index is 1090. The second kappa shape index (κ2) is 8.05. The number of carbonyl (C=O) groups excluding carboxylic acids is 1. The van der Waals surface area contributed by atoms with Gasteiger partial charge in [0.15, 0.2) is 0 Å². The van der Waals surface area contributed by atoms with Crippen LogP contribution >= 0.6 is 0 Å². The van der Waals surface area contributed by atoms with Crippen LogP contribution in [0.3, 0.4) is 0 Å². The molecule has 0 fully saturated rings. The second-order valence-electron chi connectivity index (χ2n) is 6.56. The molecule has 3 rings (SSSR count). The first-order valence-electron chi connectivity index (χ1n) is 8.93. The average molecular weight is 397 g/mol. The molecule has 0 bridgehead atoms. The van der Waals surface area contributed by atoms with Crippen molar-refractivity contribution in [1.82, 2.24) is 14.9 Å². The summed E-state index contributed by atoms with van der Waals surface area (Å²) in [5, 5.41) is 25.0. The van der Waals surface area contributed by atoms with Crippen molar-refractivity contribution in [3.05, 3.63) is 73.6 Å². The van der Waals surface area contributed by atoms with Crippen molar-refractivity contribution in [3.63, 3.8) is 0 Å². The summed E-state index contributed by atoms with van der Waals surface area (Å²) in [5.41, 5.74) is 0.793. The van der Waals surface area contributed by atoms with Crippen molar-refractivity contribution in [1.29, 1.82) is 0 Å². The third-order valence-electron chi connectivity index (χ3n) is 4.70. The molecule has 0 atom stereocenters. The summed E-state index contributed by atoms with van der Waals surface area (Å²) < 4.78 is 2.04. The van der Waals surface area contributed by atoms with Crippen LogP contribution in [0.5, 0.6) is 0 Å². The SMILES string of the molecule is Cc1c([N+](=O)[O-])cc(C(=O)NCCCn2c(C)nc3ccccc32)cc1[N+](=O)[O-]. The van der Waals surface area contributed by atoms with Crippen LogP contribution in [0.2, 0.25) is 0 Å². The first-order chi connectivity index (χ1) is 13.8. The first-order valence-corrected chi connectivity index (χ1v) is 8.93. The van der Waals surface area contributed by atoms with E-state index in [4.69, 9.17) is 0 Å². The van der Waals surface area contributed by atoms with Gasteiger partial charge >= 0.3 is 0 Å². The Morgan fingerprint density at radius 3 is 2.34 bits per heavy atom. The minimum atomic E-state index is -0.730. The van der Waals surface area contributed by atoms with Gasteiger partial charge in [0.05, 0.1) is 26.4 Å². The number of benzene rings is 2. The number of nitrogens with one attached hydrogen (secondary N) is 1. The number of amides is 1. The number of imidazole rings is 1. The number of rotatable bonds is 7. The second-order valence-corrected chi connectivity index (χ2v) is 6.56. The monoisotopic (exact) mass is 397 g/mol. The Morgan fingerprint density at radius 1 is 1.10 bits per heavy atom. The number of hydrogen-bond acceptors (Lipinski definition) is 6. The summed E-state index contributed by atoms with van der Waals surface area (Å²) >= 11 is 0. The summed E-state index contributed by atoms with van der Waals surface area (Å²) in [5.74, 6) is 0.269. The smallest absolute Gasteiger partial charge is 0.279 e. The molecule has 1 aromatic heterocycles. The van der Waals surface area contributed by atoms with Gasteiger partial charge in [-0.2, -0.15) is 0 Å². The van der Waals surface area contributed by atoms with E-state index in [0.29, 0.717) is 19.5 Å². The highest BCUT2D eigenvalue weighted by molar-refractivity contribution is 5.96. The number of nitro groups is 2. The molecule has 1 amide bonds. The van der Waals surface area contributed by atoms with Gasteiger partial charge in [0.25, 0.3) is 17.3 Å². The molecule has 0 unspecified atom stereocenters. The highest BCUT2D eigenvalue weighted by Crippen LogP contribution is 2.29. The number of para-hydroxylation sites is 2. The van der Waals surface area contributed by atoms with Gasteiger partial charge in [-0.1, -0.05) is 12.1 Å². The van der Waals surface area contributed by atoms with Crippen molar-refractivity contribution in [2.75, 3.05) is 6.54 Å². The van der Waals surface area contributed by atoms with E-state index in [1.54, 1.807) is 0 Å². The number of aryl methyl sites for hydroxylation is 2. The average Bonchev–Trinajstić information content (AvgIpc) is 2.99. The van der Waals surface area contributed by atoms with E-state index < -0.39 is 27.1 Å². The van der Waals surface area contributed by atoms with Crippen LogP contribution in [-0.4, -0.2) is 31.8 Å². The molecule has 10 nitrogen and oxygen atoms in total. The molecular weight excluding hydrogens is 378 g/mol. The van der Waals surface area contributed by atoms with Crippen LogP contribution in [0.25, 0.3) is 11.0 Å². The zero-order valence-electron chi connectivity index (χ0n) is 15.9. The molecule has 1 N–H and O–H groups in total. The first kappa shape index (κ1) is 19.9. The lowest BCUT2D eigenvalue weighted by molar-refractivity contribution is -0.395. The van der Waals surface area contributed by atoms with Gasteiger partial charge in [-0.25, -0.2) is 4.98 Å². The van der Waals surface area contributed by atoms with E-state index >= 15 is 0 Å². The number of nitrogens with zero attached hydrogens (tertiary/aromatic N) is 4. The van der Waals surface area contributed by atoms with Gasteiger partial charge in [-0.15, -0.1) is 0 Å². The molecule has 150 valence electrons. The summed E-state index contributed by atoms with van der Waals surface area (Å²) in [4.78, 5) is 37.7. The number of aromatic nitrogens is 2. The van der Waals surface area contributed by atoms with Crippen LogP contribution < -0.4 is 5.32 Å². The fraction of sp³-hybridized carbons (Fsp3) is 0.263. The lowest BCUT2D eigenvalue weighted by Crippen LogP contribution is -2.25. The molecule has 0 spiro atoms. The number of carbonyl (C=O) groups is 1. The Hall–Kier alpha value is -3.82. The normalized spacial score (nSPS) is 10.8. The molecule has 0 radical (unpaired) electrons. The molecule has 0 saturated carbocycles. The minimum Gasteiger partial charge on any atom is -0.352 e. The Labute approximate surface area is 165 Å². The van der Waals surface area contributed by atoms with Gasteiger partial charge in [-0.05, 0) is 32.4 Å². The molecule has 0 aliphatic rings. The summed E-state index contributed by atoms with van der Waals surface area (Å²) in [6, 6.07) is 9.87. The lowest BCUT2D eigenvalue weighted by Gasteiger charge is -2.09. The Morgan fingerprint density at radius 2 is 1.72 bits per heavy atom. The predicted octanol–water partition coefficient (Wildman–Crippen LogP) is 3.29. The molecule has 0 saturated heterocycles. The maximum absolute atomic E-state index is 12.4. The molecule has 2 aromatic carbocycles. The van der Waals surface area contributed by atoms with Crippen molar-refractivity contribution in [2.24, 2.45) is 0 Å². The van der Waals surface area contributed by atoms with Crippen LogP contribution in [0.1, 0.15) is 28.2 Å². The third kappa shape index (κ3) is 4.05. The van der Waals surface area contributed by atoms with Gasteiger partial charge < -0.3 is 9.88 Å². The largest absolute Gasteiger partial charge is 0.352 e. The molecule has 1 heterocycles. The van der Waals surface area contributed by atoms with E-state index in [0.717, 1.165) is 29.0 Å². The van der Waals surface area contributed by atoms with Gasteiger partial charge in [0.1, 0.15) is 11.4 Å². The fourth-order valence-electron chi connectivity index (χ4n) is 3.21. The standard InChI is InChI=1S/C19H19N5O5/c1-12-17(23(26)27)10-14(11-18(12)24(28)29)19(25)20-8-5-9-22-13(2)21-15-6-3-4-7-16(15)22/h3-4,6-7,10-11H,5,8-9H2,1-2H3,(H,20,25). The molecular formula is C19H19N5O5. The van der Waals surface area contributed by atoms with E-state index in [9.17, 15) is 25.0 Å². The van der Waals surface area contributed by atoms with E-state index in [1.807, 2.05) is 35.8 Å². The maximum atomic E-state index is 12.4. The number of fused-ring (bicyclic) bond motifs is 1. The van der Waals surface area contributed by atoms with Gasteiger partial charge in [-0.3, -0.25) is 25.0 Å². The van der Waals surface area contributed by atoms with E-state index in [2.05, 4.69) is 10.3 Å². The number of nitro benzene ring substituents is 2. The highest BCUT2D eigenvalue weighted by Gasteiger charge is 2.25. The van der Waals surface area contributed by atoms with Crippen molar-refractivity contribution >= 4 is 28.3 Å². The lowest BCUT2D eigenvalue weighted by atomic mass is 10.1. The van der Waals surface area contributed by atoms with Crippen LogP contribution in [0.15, 0.2) is 36.4 Å². The van der Waals surface area contributed by atoms with Crippen LogP contribution in [0, 0.1) is 34.1 Å². The quantitative estimate of drug-likeness (QED) is 0.369. The zero-order valence-corrected chi connectivity index (χ0v) is 15.9. The van der Waals surface area contributed by atoms with Crippen molar-refractivity contribution < 1.29 is 14.6 Å². The zero-order chi connectivity index (χ0) is 21.1. The van der Waals surface area contributed by atoms with Crippen molar-refractivity contribution in [3.8, 4) is 0 Å². The van der Waals surface area contributed by atoms with Crippen LogP contribution in [-0.2, 0) is 6.54 Å². The summed E-state index contributed by atoms with van der Waals surface area (Å²) in [6.07, 6.45) is 0.600. The van der Waals surface area contributed by atoms with Crippen molar-refractivity contribution in [2.45, 2.75) is 26.8 Å². The van der Waals surface area contributed by atoms with Gasteiger partial charge in [0, 0.05) is 25.2 Å². The maximum Gasteiger partial charge on any atom is 0.279 e. The summed E-state index contributed by atoms with van der Waals surface area (Å²) in [6.45, 7) is 4.12. The Balaban J connectivity index is 1.69. The number of hydrogen-bond donors (Lipinski definition) is 1. The van der Waals surface area contributed by atoms with Gasteiger partial charge in [0.2, 0.25) is 0 Å². The Kier molecular flexibility index (Phi) is 5.53. The third-order valence-corrected chi connectivity index (χ3v) is 4.70. The summed E-state index contributed by atoms with van der Waals surface area (Å²) in [7, 11) is 0. The van der Waals surface area contributed by atoms with E-state index in [-0.39, 0.29) is 11.1 Å². The topological polar surface area (TPSA) is 133 Å². The fourth-order valence-corrected chi connectivity index (χ4v) is 3.21. The molecule has 3 aromatic rings. The molecule has 29 heavy (non-hydrogen) atoms. The van der Waals surface area contributed by atoms with Crippen LogP contribution in [0.4, 0.5) is 11.4 Å². The molecule has 10 heteroatoms. The van der Waals surface area contributed by atoms with E-state index in [1.165, 1.54) is 6.92 Å².